The molecule has 0 aromatic carbocycles. The van der Waals surface area contributed by atoms with Crippen LogP contribution in [0.1, 0.15) is 25.1 Å². The average molecular weight is 288 g/mol. The fourth-order valence-corrected chi connectivity index (χ4v) is 3.73. The normalized spacial score (nSPS) is 24.9. The minimum atomic E-state index is -0.663. The molecule has 0 radical (unpaired) electrons. The number of carboxylic acid groups (broad SMARTS) is 1. The number of halogens is 1. The molecule has 1 aliphatic rings. The van der Waals surface area contributed by atoms with Crippen molar-refractivity contribution in [3.8, 4) is 0 Å². The van der Waals surface area contributed by atoms with Crippen molar-refractivity contribution < 1.29 is 9.90 Å². The first-order valence-electron chi connectivity index (χ1n) is 6.14. The molecule has 0 amide bonds. The number of rotatable bonds is 4. The molecule has 2 heterocycles. The Labute approximate surface area is 116 Å². The van der Waals surface area contributed by atoms with Crippen molar-refractivity contribution in [2.75, 3.05) is 13.1 Å². The summed E-state index contributed by atoms with van der Waals surface area (Å²) in [4.78, 5) is 14.9. The molecule has 0 aliphatic carbocycles. The lowest BCUT2D eigenvalue weighted by Crippen LogP contribution is -2.39. The Bertz CT molecular complexity index is 446. The number of hydrogen-bond donors (Lipinski definition) is 1. The van der Waals surface area contributed by atoms with Crippen molar-refractivity contribution in [1.29, 1.82) is 0 Å². The highest BCUT2D eigenvalue weighted by Crippen LogP contribution is 2.39. The van der Waals surface area contributed by atoms with Gasteiger partial charge in [0.05, 0.1) is 9.75 Å². The second-order valence-electron chi connectivity index (χ2n) is 5.28. The van der Waals surface area contributed by atoms with Crippen molar-refractivity contribution in [3.05, 3.63) is 21.3 Å². The van der Waals surface area contributed by atoms with Crippen LogP contribution in [0.4, 0.5) is 0 Å². The number of aliphatic carboxylic acids is 1. The van der Waals surface area contributed by atoms with Gasteiger partial charge in [-0.2, -0.15) is 0 Å². The maximum atomic E-state index is 11.5. The van der Waals surface area contributed by atoms with Crippen LogP contribution in [0.2, 0.25) is 4.34 Å². The maximum Gasteiger partial charge on any atom is 0.311 e. The second kappa shape index (κ2) is 5.19. The first kappa shape index (κ1) is 13.8. The van der Waals surface area contributed by atoms with Crippen LogP contribution in [-0.2, 0) is 11.3 Å². The monoisotopic (exact) mass is 287 g/mol. The molecule has 1 aromatic heterocycles. The Morgan fingerprint density at radius 2 is 2.33 bits per heavy atom. The molecule has 1 aliphatic heterocycles. The molecule has 5 heteroatoms. The highest BCUT2D eigenvalue weighted by atomic mass is 35.5. The summed E-state index contributed by atoms with van der Waals surface area (Å²) in [5.74, 6) is -0.504. The van der Waals surface area contributed by atoms with Crippen molar-refractivity contribution in [1.82, 2.24) is 4.90 Å². The number of nitrogens with zero attached hydrogens (tertiary/aromatic N) is 1. The molecule has 100 valence electrons. The minimum absolute atomic E-state index is 0.159. The Kier molecular flexibility index (Phi) is 3.99. The van der Waals surface area contributed by atoms with Gasteiger partial charge in [0.15, 0.2) is 0 Å². The molecule has 2 rings (SSSR count). The zero-order chi connectivity index (χ0) is 13.3. The Hall–Kier alpha value is -0.580. The van der Waals surface area contributed by atoms with Gasteiger partial charge in [0, 0.05) is 18.0 Å². The largest absolute Gasteiger partial charge is 0.481 e. The molecular weight excluding hydrogens is 270 g/mol. The van der Waals surface area contributed by atoms with E-state index in [0.29, 0.717) is 6.54 Å². The van der Waals surface area contributed by atoms with Crippen molar-refractivity contribution >= 4 is 28.9 Å². The van der Waals surface area contributed by atoms with Gasteiger partial charge in [-0.05, 0) is 31.0 Å². The number of carbonyl (C=O) groups is 1. The first-order valence-corrected chi connectivity index (χ1v) is 7.33. The highest BCUT2D eigenvalue weighted by Gasteiger charge is 2.47. The summed E-state index contributed by atoms with van der Waals surface area (Å²) < 4.78 is 0.789. The van der Waals surface area contributed by atoms with E-state index in [1.165, 1.54) is 4.88 Å². The molecule has 3 nitrogen and oxygen atoms in total. The summed E-state index contributed by atoms with van der Waals surface area (Å²) in [7, 11) is 0. The van der Waals surface area contributed by atoms with E-state index >= 15 is 0 Å². The molecule has 1 atom stereocenters. The molecule has 0 spiro atoms. The van der Waals surface area contributed by atoms with Crippen LogP contribution in [0.25, 0.3) is 0 Å². The standard InChI is InChI=1S/C13H18ClNO2S/c1-9(2)13(12(16)17)5-6-15(8-13)7-10-3-4-11(14)18-10/h3-4,9H,5-8H2,1-2H3,(H,16,17). The Morgan fingerprint density at radius 3 is 2.78 bits per heavy atom. The van der Waals surface area contributed by atoms with Gasteiger partial charge < -0.3 is 5.11 Å². The smallest absolute Gasteiger partial charge is 0.311 e. The van der Waals surface area contributed by atoms with Gasteiger partial charge in [0.1, 0.15) is 0 Å². The Morgan fingerprint density at radius 1 is 1.61 bits per heavy atom. The van der Waals surface area contributed by atoms with Gasteiger partial charge in [0.25, 0.3) is 0 Å². The SMILES string of the molecule is CC(C)C1(C(=O)O)CCN(Cc2ccc(Cl)s2)C1. The summed E-state index contributed by atoms with van der Waals surface area (Å²) in [5.41, 5.74) is -0.582. The molecule has 1 aromatic rings. The summed E-state index contributed by atoms with van der Waals surface area (Å²) in [6.07, 6.45) is 0.735. The molecule has 1 fully saturated rings. The van der Waals surface area contributed by atoms with E-state index in [2.05, 4.69) is 4.90 Å². The van der Waals surface area contributed by atoms with Crippen LogP contribution < -0.4 is 0 Å². The second-order valence-corrected chi connectivity index (χ2v) is 7.08. The van der Waals surface area contributed by atoms with Crippen LogP contribution in [0.5, 0.6) is 0 Å². The van der Waals surface area contributed by atoms with Crippen LogP contribution in [0, 0.1) is 11.3 Å². The minimum Gasteiger partial charge on any atom is -0.481 e. The lowest BCUT2D eigenvalue weighted by Gasteiger charge is -2.28. The van der Waals surface area contributed by atoms with Crippen LogP contribution in [-0.4, -0.2) is 29.1 Å². The van der Waals surface area contributed by atoms with Gasteiger partial charge in [-0.1, -0.05) is 25.4 Å². The lowest BCUT2D eigenvalue weighted by molar-refractivity contribution is -0.151. The zero-order valence-corrected chi connectivity index (χ0v) is 12.2. The van der Waals surface area contributed by atoms with E-state index in [1.54, 1.807) is 11.3 Å². The van der Waals surface area contributed by atoms with Gasteiger partial charge in [-0.15, -0.1) is 11.3 Å². The predicted octanol–water partition coefficient (Wildman–Crippen LogP) is 3.33. The number of hydrogen-bond acceptors (Lipinski definition) is 3. The average Bonchev–Trinajstić information content (AvgIpc) is 2.86. The molecule has 1 saturated heterocycles. The lowest BCUT2D eigenvalue weighted by atomic mass is 9.76. The summed E-state index contributed by atoms with van der Waals surface area (Å²) >= 11 is 7.48. The fourth-order valence-electron chi connectivity index (χ4n) is 2.60. The van der Waals surface area contributed by atoms with Crippen LogP contribution in [0.15, 0.2) is 12.1 Å². The molecule has 0 saturated carbocycles. The topological polar surface area (TPSA) is 40.5 Å². The highest BCUT2D eigenvalue weighted by molar-refractivity contribution is 7.16. The molecular formula is C13H18ClNO2S. The summed E-state index contributed by atoms with van der Waals surface area (Å²) in [6.45, 7) is 6.29. The van der Waals surface area contributed by atoms with E-state index in [-0.39, 0.29) is 5.92 Å². The first-order chi connectivity index (χ1) is 8.44. The van der Waals surface area contributed by atoms with E-state index < -0.39 is 11.4 Å². The van der Waals surface area contributed by atoms with Crippen molar-refractivity contribution in [3.63, 3.8) is 0 Å². The van der Waals surface area contributed by atoms with E-state index in [0.717, 1.165) is 23.8 Å². The third-order valence-electron chi connectivity index (χ3n) is 3.92. The molecule has 1 unspecified atom stereocenters. The van der Waals surface area contributed by atoms with Gasteiger partial charge in [0.2, 0.25) is 0 Å². The van der Waals surface area contributed by atoms with Crippen molar-refractivity contribution in [2.45, 2.75) is 26.8 Å². The molecule has 18 heavy (non-hydrogen) atoms. The van der Waals surface area contributed by atoms with Gasteiger partial charge >= 0.3 is 5.97 Å². The summed E-state index contributed by atoms with van der Waals surface area (Å²) in [6, 6.07) is 3.91. The number of thiophene rings is 1. The fraction of sp³-hybridized carbons (Fsp3) is 0.615. The third-order valence-corrected chi connectivity index (χ3v) is 5.14. The van der Waals surface area contributed by atoms with E-state index in [1.807, 2.05) is 26.0 Å². The van der Waals surface area contributed by atoms with Gasteiger partial charge in [-0.3, -0.25) is 9.69 Å². The quantitative estimate of drug-likeness (QED) is 0.923. The van der Waals surface area contributed by atoms with E-state index in [9.17, 15) is 9.90 Å². The maximum absolute atomic E-state index is 11.5. The number of carboxylic acids is 1. The molecule has 0 bridgehead atoms. The van der Waals surface area contributed by atoms with Gasteiger partial charge in [-0.25, -0.2) is 0 Å². The Balaban J connectivity index is 2.05. The predicted molar refractivity (Wildman–Crippen MR) is 74.1 cm³/mol. The third kappa shape index (κ3) is 2.56. The number of likely N-dealkylation sites (tertiary alicyclic amines) is 1. The van der Waals surface area contributed by atoms with E-state index in [4.69, 9.17) is 11.6 Å². The van der Waals surface area contributed by atoms with Crippen LogP contribution in [0.3, 0.4) is 0 Å². The summed E-state index contributed by atoms with van der Waals surface area (Å²) in [5, 5.41) is 9.48. The zero-order valence-electron chi connectivity index (χ0n) is 10.6. The van der Waals surface area contributed by atoms with Crippen molar-refractivity contribution in [2.24, 2.45) is 11.3 Å². The van der Waals surface area contributed by atoms with Crippen LogP contribution >= 0.6 is 22.9 Å². The molecule has 1 N–H and O–H groups in total.